The number of carbonyl (C=O) groups is 2. The first-order valence-electron chi connectivity index (χ1n) is 7.65. The van der Waals surface area contributed by atoms with E-state index in [1.807, 2.05) is 11.8 Å². The molecule has 2 fully saturated rings. The highest BCUT2D eigenvalue weighted by atomic mass is 16.4. The molecule has 1 aliphatic heterocycles. The van der Waals surface area contributed by atoms with Crippen LogP contribution in [-0.4, -0.2) is 46.7 Å². The van der Waals surface area contributed by atoms with Crippen molar-refractivity contribution in [2.24, 2.45) is 23.7 Å². The lowest BCUT2D eigenvalue weighted by atomic mass is 9.91. The maximum Gasteiger partial charge on any atom is 0.307 e. The molecule has 1 aliphatic carbocycles. The van der Waals surface area contributed by atoms with Crippen molar-refractivity contribution in [1.29, 1.82) is 0 Å². The zero-order valence-electron chi connectivity index (χ0n) is 12.1. The standard InChI is InChI=1S/C15H25NO4/c1-10-7-12(13(8-10)15(19)20)14(18)16-5-2-3-11(9-16)4-6-17/h10-13,17H,2-9H2,1H3,(H,19,20). The number of likely N-dealkylation sites (tertiary alicyclic amines) is 1. The quantitative estimate of drug-likeness (QED) is 0.816. The van der Waals surface area contributed by atoms with Gasteiger partial charge in [-0.3, -0.25) is 9.59 Å². The molecule has 0 radical (unpaired) electrons. The predicted octanol–water partition coefficient (Wildman–Crippen LogP) is 1.35. The summed E-state index contributed by atoms with van der Waals surface area (Å²) in [6.07, 6.45) is 4.04. The van der Waals surface area contributed by atoms with Gasteiger partial charge in [0.05, 0.1) is 11.8 Å². The molecule has 1 heterocycles. The van der Waals surface area contributed by atoms with Crippen molar-refractivity contribution in [2.75, 3.05) is 19.7 Å². The predicted molar refractivity (Wildman–Crippen MR) is 74.0 cm³/mol. The van der Waals surface area contributed by atoms with E-state index in [-0.39, 0.29) is 18.4 Å². The highest BCUT2D eigenvalue weighted by Gasteiger charge is 2.43. The van der Waals surface area contributed by atoms with Crippen LogP contribution in [-0.2, 0) is 9.59 Å². The van der Waals surface area contributed by atoms with Crippen LogP contribution in [0.1, 0.15) is 39.0 Å². The van der Waals surface area contributed by atoms with Gasteiger partial charge >= 0.3 is 5.97 Å². The van der Waals surface area contributed by atoms with Crippen molar-refractivity contribution in [3.8, 4) is 0 Å². The summed E-state index contributed by atoms with van der Waals surface area (Å²) in [6.45, 7) is 3.59. The van der Waals surface area contributed by atoms with Gasteiger partial charge in [0, 0.05) is 19.7 Å². The van der Waals surface area contributed by atoms with Crippen LogP contribution in [0.5, 0.6) is 0 Å². The average Bonchev–Trinajstić information content (AvgIpc) is 2.81. The van der Waals surface area contributed by atoms with Crippen molar-refractivity contribution in [3.05, 3.63) is 0 Å². The summed E-state index contributed by atoms with van der Waals surface area (Å²) in [5.74, 6) is -1.02. The lowest BCUT2D eigenvalue weighted by molar-refractivity contribution is -0.149. The van der Waals surface area contributed by atoms with Gasteiger partial charge in [-0.05, 0) is 43.9 Å². The number of carboxylic acids is 1. The van der Waals surface area contributed by atoms with E-state index in [2.05, 4.69) is 0 Å². The summed E-state index contributed by atoms with van der Waals surface area (Å²) in [7, 11) is 0. The Morgan fingerprint density at radius 3 is 2.60 bits per heavy atom. The third-order valence-corrected chi connectivity index (χ3v) is 4.80. The fraction of sp³-hybridized carbons (Fsp3) is 0.867. The van der Waals surface area contributed by atoms with Crippen LogP contribution >= 0.6 is 0 Å². The molecule has 2 rings (SSSR count). The second kappa shape index (κ2) is 6.57. The maximum atomic E-state index is 12.6. The Balaban J connectivity index is 2.00. The van der Waals surface area contributed by atoms with Gasteiger partial charge in [0.1, 0.15) is 0 Å². The molecule has 1 saturated heterocycles. The molecular formula is C15H25NO4. The molecule has 0 aromatic rings. The summed E-state index contributed by atoms with van der Waals surface area (Å²) >= 11 is 0. The number of rotatable bonds is 4. The number of aliphatic hydroxyl groups excluding tert-OH is 1. The largest absolute Gasteiger partial charge is 0.481 e. The molecule has 2 aliphatic rings. The van der Waals surface area contributed by atoms with E-state index >= 15 is 0 Å². The molecule has 5 nitrogen and oxygen atoms in total. The van der Waals surface area contributed by atoms with Gasteiger partial charge in [-0.1, -0.05) is 6.92 Å². The number of aliphatic carboxylic acids is 1. The SMILES string of the molecule is CC1CC(C(=O)O)C(C(=O)N2CCCC(CCO)C2)C1. The number of nitrogens with zero attached hydrogens (tertiary/aromatic N) is 1. The van der Waals surface area contributed by atoms with Crippen molar-refractivity contribution >= 4 is 11.9 Å². The third kappa shape index (κ3) is 3.32. The van der Waals surface area contributed by atoms with Gasteiger partial charge < -0.3 is 15.1 Å². The van der Waals surface area contributed by atoms with Gasteiger partial charge in [0.15, 0.2) is 0 Å². The molecule has 2 N–H and O–H groups in total. The van der Waals surface area contributed by atoms with Crippen LogP contribution in [0.25, 0.3) is 0 Å². The Bertz CT molecular complexity index is 369. The molecule has 5 heteroatoms. The molecule has 0 aromatic carbocycles. The van der Waals surface area contributed by atoms with E-state index in [9.17, 15) is 14.7 Å². The van der Waals surface area contributed by atoms with Crippen molar-refractivity contribution in [3.63, 3.8) is 0 Å². The van der Waals surface area contributed by atoms with Crippen LogP contribution in [0.4, 0.5) is 0 Å². The van der Waals surface area contributed by atoms with Gasteiger partial charge in [-0.15, -0.1) is 0 Å². The highest BCUT2D eigenvalue weighted by Crippen LogP contribution is 2.38. The lowest BCUT2D eigenvalue weighted by Crippen LogP contribution is -2.44. The molecule has 0 spiro atoms. The fourth-order valence-corrected chi connectivity index (χ4v) is 3.76. The first kappa shape index (κ1) is 15.3. The molecule has 0 aromatic heterocycles. The number of carboxylic acid groups (broad SMARTS) is 1. The van der Waals surface area contributed by atoms with E-state index < -0.39 is 11.9 Å². The third-order valence-electron chi connectivity index (χ3n) is 4.80. The highest BCUT2D eigenvalue weighted by molar-refractivity contribution is 5.85. The second-order valence-corrected chi connectivity index (χ2v) is 6.43. The van der Waals surface area contributed by atoms with Crippen LogP contribution in [0.3, 0.4) is 0 Å². The number of piperidine rings is 1. The first-order chi connectivity index (χ1) is 9.52. The van der Waals surface area contributed by atoms with Gasteiger partial charge in [-0.25, -0.2) is 0 Å². The van der Waals surface area contributed by atoms with Crippen LogP contribution < -0.4 is 0 Å². The average molecular weight is 283 g/mol. The molecule has 20 heavy (non-hydrogen) atoms. The van der Waals surface area contributed by atoms with Crippen LogP contribution in [0, 0.1) is 23.7 Å². The summed E-state index contributed by atoms with van der Waals surface area (Å²) in [5.41, 5.74) is 0. The summed E-state index contributed by atoms with van der Waals surface area (Å²) in [6, 6.07) is 0. The minimum Gasteiger partial charge on any atom is -0.481 e. The number of hydrogen-bond acceptors (Lipinski definition) is 3. The smallest absolute Gasteiger partial charge is 0.307 e. The van der Waals surface area contributed by atoms with E-state index in [1.54, 1.807) is 0 Å². The van der Waals surface area contributed by atoms with Crippen molar-refractivity contribution < 1.29 is 19.8 Å². The topological polar surface area (TPSA) is 77.8 Å². The zero-order valence-corrected chi connectivity index (χ0v) is 12.1. The van der Waals surface area contributed by atoms with E-state index in [1.165, 1.54) is 0 Å². The second-order valence-electron chi connectivity index (χ2n) is 6.43. The van der Waals surface area contributed by atoms with E-state index in [4.69, 9.17) is 5.11 Å². The molecular weight excluding hydrogens is 258 g/mol. The summed E-state index contributed by atoms with van der Waals surface area (Å²) in [4.78, 5) is 25.8. The molecule has 1 saturated carbocycles. The minimum atomic E-state index is -0.836. The maximum absolute atomic E-state index is 12.6. The molecule has 4 atom stereocenters. The Labute approximate surface area is 120 Å². The number of carbonyl (C=O) groups excluding carboxylic acids is 1. The minimum absolute atomic E-state index is 0.0180. The van der Waals surface area contributed by atoms with Gasteiger partial charge in [0.25, 0.3) is 0 Å². The summed E-state index contributed by atoms with van der Waals surface area (Å²) < 4.78 is 0. The Morgan fingerprint density at radius 2 is 1.95 bits per heavy atom. The molecule has 0 bridgehead atoms. The van der Waals surface area contributed by atoms with E-state index in [0.29, 0.717) is 31.2 Å². The fourth-order valence-electron chi connectivity index (χ4n) is 3.76. The first-order valence-corrected chi connectivity index (χ1v) is 7.65. The normalized spacial score (nSPS) is 34.2. The van der Waals surface area contributed by atoms with E-state index in [0.717, 1.165) is 25.8 Å². The molecule has 1 amide bonds. The lowest BCUT2D eigenvalue weighted by Gasteiger charge is -2.35. The monoisotopic (exact) mass is 283 g/mol. The van der Waals surface area contributed by atoms with Crippen molar-refractivity contribution in [2.45, 2.75) is 39.0 Å². The Morgan fingerprint density at radius 1 is 1.25 bits per heavy atom. The number of amides is 1. The number of hydrogen-bond donors (Lipinski definition) is 2. The molecule has 4 unspecified atom stereocenters. The Hall–Kier alpha value is -1.10. The van der Waals surface area contributed by atoms with Crippen LogP contribution in [0.2, 0.25) is 0 Å². The molecule has 114 valence electrons. The summed E-state index contributed by atoms with van der Waals surface area (Å²) in [5, 5.41) is 18.3. The number of aliphatic hydroxyl groups is 1. The zero-order chi connectivity index (χ0) is 14.7. The van der Waals surface area contributed by atoms with Gasteiger partial charge in [0.2, 0.25) is 5.91 Å². The van der Waals surface area contributed by atoms with Crippen LogP contribution in [0.15, 0.2) is 0 Å². The van der Waals surface area contributed by atoms with Crippen molar-refractivity contribution in [1.82, 2.24) is 4.90 Å². The Kier molecular flexibility index (Phi) is 5.02. The van der Waals surface area contributed by atoms with Gasteiger partial charge in [-0.2, -0.15) is 0 Å².